The maximum atomic E-state index is 12.3. The smallest absolute Gasteiger partial charge is 0.349 e. The molecule has 0 aliphatic rings. The van der Waals surface area contributed by atoms with Crippen molar-refractivity contribution in [3.63, 3.8) is 0 Å². The molecule has 1 amide bonds. The molecule has 0 fully saturated rings. The molecule has 156 valence electrons. The van der Waals surface area contributed by atoms with Gasteiger partial charge in [-0.05, 0) is 36.8 Å². The maximum Gasteiger partial charge on any atom is 0.349 e. The third-order valence-electron chi connectivity index (χ3n) is 4.36. The molecule has 7 nitrogen and oxygen atoms in total. The zero-order chi connectivity index (χ0) is 22.1. The van der Waals surface area contributed by atoms with E-state index in [4.69, 9.17) is 9.47 Å². The molecule has 0 bridgehead atoms. The van der Waals surface area contributed by atoms with Crippen molar-refractivity contribution in [2.45, 2.75) is 19.6 Å². The Hall–Kier alpha value is -3.79. The lowest BCUT2D eigenvalue weighted by molar-refractivity contribution is -0.150. The summed E-state index contributed by atoms with van der Waals surface area (Å²) in [5, 5.41) is 12.0. The number of benzene rings is 2. The number of para-hydroxylation sites is 1. The maximum absolute atomic E-state index is 12.3. The van der Waals surface area contributed by atoms with Gasteiger partial charge in [-0.3, -0.25) is 4.79 Å². The van der Waals surface area contributed by atoms with Crippen molar-refractivity contribution >= 4 is 23.6 Å². The molecule has 0 aliphatic carbocycles. The van der Waals surface area contributed by atoms with Gasteiger partial charge < -0.3 is 19.7 Å². The Balaban J connectivity index is 1.98. The Labute approximate surface area is 176 Å². The van der Waals surface area contributed by atoms with Crippen LogP contribution in [0.2, 0.25) is 0 Å². The summed E-state index contributed by atoms with van der Waals surface area (Å²) < 4.78 is 10.4. The molecule has 0 aliphatic heterocycles. The van der Waals surface area contributed by atoms with Gasteiger partial charge in [0.2, 0.25) is 0 Å². The number of nitrogens with zero attached hydrogens (tertiary/aromatic N) is 2. The van der Waals surface area contributed by atoms with E-state index < -0.39 is 18.0 Å². The highest BCUT2D eigenvalue weighted by Crippen LogP contribution is 2.17. The van der Waals surface area contributed by atoms with Gasteiger partial charge >= 0.3 is 5.97 Å². The van der Waals surface area contributed by atoms with Gasteiger partial charge in [-0.25, -0.2) is 4.79 Å². The second-order valence-corrected chi connectivity index (χ2v) is 6.73. The van der Waals surface area contributed by atoms with Crippen LogP contribution >= 0.6 is 0 Å². The summed E-state index contributed by atoms with van der Waals surface area (Å²) in [7, 11) is 5.39. The molecule has 0 spiro atoms. The van der Waals surface area contributed by atoms with Crippen LogP contribution in [0.1, 0.15) is 18.1 Å². The number of methoxy groups -OCH3 is 1. The molecule has 1 atom stereocenters. The lowest BCUT2D eigenvalue weighted by Gasteiger charge is -2.14. The highest BCUT2D eigenvalue weighted by molar-refractivity contribution is 5.99. The fourth-order valence-electron chi connectivity index (χ4n) is 2.62. The number of carbonyl (C=O) groups excluding carboxylic acids is 2. The first-order valence-corrected chi connectivity index (χ1v) is 9.35. The van der Waals surface area contributed by atoms with Crippen molar-refractivity contribution in [1.29, 1.82) is 5.26 Å². The summed E-state index contributed by atoms with van der Waals surface area (Å²) in [5.74, 6) is -0.673. The summed E-state index contributed by atoms with van der Waals surface area (Å²) in [6, 6.07) is 16.5. The number of nitrogens with one attached hydrogen (secondary N) is 1. The topological polar surface area (TPSA) is 91.7 Å². The van der Waals surface area contributed by atoms with Gasteiger partial charge in [0, 0.05) is 31.9 Å². The number of carbonyl (C=O) groups is 2. The number of esters is 1. The van der Waals surface area contributed by atoms with Crippen LogP contribution in [0.4, 0.5) is 5.69 Å². The number of hydrogen-bond donors (Lipinski definition) is 1. The van der Waals surface area contributed by atoms with E-state index in [-0.39, 0.29) is 12.1 Å². The highest BCUT2D eigenvalue weighted by atomic mass is 16.5. The molecule has 2 aromatic rings. The number of ether oxygens (including phenoxy) is 2. The minimum Gasteiger partial charge on any atom is -0.496 e. The molecule has 0 aromatic heterocycles. The lowest BCUT2D eigenvalue weighted by Crippen LogP contribution is -2.35. The Kier molecular flexibility index (Phi) is 8.00. The molecule has 30 heavy (non-hydrogen) atoms. The van der Waals surface area contributed by atoms with Gasteiger partial charge in [-0.2, -0.15) is 5.26 Å². The first-order chi connectivity index (χ1) is 14.3. The molecule has 0 unspecified atom stereocenters. The van der Waals surface area contributed by atoms with Crippen molar-refractivity contribution < 1.29 is 19.1 Å². The SMILES string of the molecule is COc1ccccc1CNC(=O)[C@H](C)OC(=O)/C(C#N)=C/c1ccc(N(C)C)cc1. The molecule has 0 heterocycles. The largest absolute Gasteiger partial charge is 0.496 e. The summed E-state index contributed by atoms with van der Waals surface area (Å²) in [4.78, 5) is 26.6. The molecule has 2 rings (SSSR count). The molecule has 0 radical (unpaired) electrons. The van der Waals surface area contributed by atoms with E-state index >= 15 is 0 Å². The second-order valence-electron chi connectivity index (χ2n) is 6.73. The van der Waals surface area contributed by atoms with Gasteiger partial charge in [0.25, 0.3) is 5.91 Å². The number of anilines is 1. The Morgan fingerprint density at radius 2 is 1.83 bits per heavy atom. The lowest BCUT2D eigenvalue weighted by atomic mass is 10.1. The predicted octanol–water partition coefficient (Wildman–Crippen LogP) is 2.92. The quantitative estimate of drug-likeness (QED) is 0.411. The van der Waals surface area contributed by atoms with Crippen LogP contribution < -0.4 is 15.0 Å². The van der Waals surface area contributed by atoms with Gasteiger partial charge in [0.15, 0.2) is 6.10 Å². The van der Waals surface area contributed by atoms with Crippen LogP contribution in [0.5, 0.6) is 5.75 Å². The Morgan fingerprint density at radius 3 is 2.43 bits per heavy atom. The summed E-state index contributed by atoms with van der Waals surface area (Å²) >= 11 is 0. The molecule has 1 N–H and O–H groups in total. The van der Waals surface area contributed by atoms with E-state index in [1.54, 1.807) is 25.3 Å². The molecule has 2 aromatic carbocycles. The van der Waals surface area contributed by atoms with Crippen LogP contribution in [-0.2, 0) is 20.9 Å². The third kappa shape index (κ3) is 6.11. The zero-order valence-electron chi connectivity index (χ0n) is 17.5. The van der Waals surface area contributed by atoms with Gasteiger partial charge in [0.1, 0.15) is 17.4 Å². The number of amides is 1. The monoisotopic (exact) mass is 407 g/mol. The van der Waals surface area contributed by atoms with Crippen LogP contribution in [-0.4, -0.2) is 39.2 Å². The van der Waals surface area contributed by atoms with Crippen LogP contribution in [0.3, 0.4) is 0 Å². The van der Waals surface area contributed by atoms with Crippen molar-refractivity contribution in [2.24, 2.45) is 0 Å². The van der Waals surface area contributed by atoms with Crippen LogP contribution in [0, 0.1) is 11.3 Å². The Morgan fingerprint density at radius 1 is 1.17 bits per heavy atom. The van der Waals surface area contributed by atoms with E-state index in [0.29, 0.717) is 11.3 Å². The van der Waals surface area contributed by atoms with Crippen molar-refractivity contribution in [2.75, 3.05) is 26.1 Å². The Bertz CT molecular complexity index is 959. The zero-order valence-corrected chi connectivity index (χ0v) is 17.5. The van der Waals surface area contributed by atoms with Crippen LogP contribution in [0.25, 0.3) is 6.08 Å². The number of rotatable bonds is 8. The van der Waals surface area contributed by atoms with Gasteiger partial charge in [-0.1, -0.05) is 30.3 Å². The van der Waals surface area contributed by atoms with Crippen molar-refractivity contribution in [3.05, 3.63) is 65.2 Å². The second kappa shape index (κ2) is 10.7. The molecule has 0 saturated heterocycles. The van der Waals surface area contributed by atoms with E-state index in [1.807, 2.05) is 55.4 Å². The minimum absolute atomic E-state index is 0.183. The van der Waals surface area contributed by atoms with Crippen molar-refractivity contribution in [1.82, 2.24) is 5.32 Å². The number of nitriles is 1. The summed E-state index contributed by atoms with van der Waals surface area (Å²) in [6.45, 7) is 1.68. The molecule has 7 heteroatoms. The van der Waals surface area contributed by atoms with Crippen molar-refractivity contribution in [3.8, 4) is 11.8 Å². The number of hydrogen-bond acceptors (Lipinski definition) is 6. The molecular formula is C23H25N3O4. The average molecular weight is 407 g/mol. The highest BCUT2D eigenvalue weighted by Gasteiger charge is 2.20. The summed E-state index contributed by atoms with van der Waals surface area (Å²) in [6.07, 6.45) is 0.376. The first-order valence-electron chi connectivity index (χ1n) is 9.35. The third-order valence-corrected chi connectivity index (χ3v) is 4.36. The van der Waals surface area contributed by atoms with E-state index in [1.165, 1.54) is 13.0 Å². The predicted molar refractivity (Wildman–Crippen MR) is 115 cm³/mol. The average Bonchev–Trinajstić information content (AvgIpc) is 2.75. The van der Waals surface area contributed by atoms with E-state index in [9.17, 15) is 14.9 Å². The van der Waals surface area contributed by atoms with E-state index in [2.05, 4.69) is 5.32 Å². The standard InChI is InChI=1S/C23H25N3O4/c1-16(22(27)25-15-18-7-5-6-8-21(18)29-4)30-23(28)19(14-24)13-17-9-11-20(12-10-17)26(2)3/h5-13,16H,15H2,1-4H3,(H,25,27)/b19-13+/t16-/m0/s1. The van der Waals surface area contributed by atoms with Gasteiger partial charge in [-0.15, -0.1) is 0 Å². The first kappa shape index (κ1) is 22.5. The van der Waals surface area contributed by atoms with Gasteiger partial charge in [0.05, 0.1) is 7.11 Å². The fraction of sp³-hybridized carbons (Fsp3) is 0.261. The van der Waals surface area contributed by atoms with E-state index in [0.717, 1.165) is 11.3 Å². The summed E-state index contributed by atoms with van der Waals surface area (Å²) in [5.41, 5.74) is 2.29. The normalized spacial score (nSPS) is 11.8. The fourth-order valence-corrected chi connectivity index (χ4v) is 2.62. The molecular weight excluding hydrogens is 382 g/mol. The van der Waals surface area contributed by atoms with Crippen LogP contribution in [0.15, 0.2) is 54.1 Å². The minimum atomic E-state index is -1.06. The molecule has 0 saturated carbocycles.